The molecule has 0 radical (unpaired) electrons. The van der Waals surface area contributed by atoms with Gasteiger partial charge in [0.05, 0.1) is 12.1 Å². The van der Waals surface area contributed by atoms with Gasteiger partial charge in [-0.1, -0.05) is 0 Å². The first-order valence-electron chi connectivity index (χ1n) is 6.04. The summed E-state index contributed by atoms with van der Waals surface area (Å²) in [5, 5.41) is 2.85. The van der Waals surface area contributed by atoms with Crippen LogP contribution in [-0.4, -0.2) is 22.3 Å². The molecule has 3 nitrogen and oxygen atoms in total. The summed E-state index contributed by atoms with van der Waals surface area (Å²) in [7, 11) is 0. The normalized spacial score (nSPS) is 17.9. The Bertz CT molecular complexity index is 488. The summed E-state index contributed by atoms with van der Waals surface area (Å²) >= 11 is 0. The molecule has 2 heterocycles. The minimum absolute atomic E-state index is 0.143. The molecule has 0 fully saturated rings. The van der Waals surface area contributed by atoms with Crippen LogP contribution in [0.25, 0.3) is 0 Å². The molecule has 1 aliphatic heterocycles. The van der Waals surface area contributed by atoms with Gasteiger partial charge in [0.2, 0.25) is 5.82 Å². The molecule has 1 aromatic heterocycles. The summed E-state index contributed by atoms with van der Waals surface area (Å²) in [5.74, 6) is -1.25. The van der Waals surface area contributed by atoms with E-state index in [1.807, 2.05) is 0 Å². The minimum Gasteiger partial charge on any atom is -0.321 e. The molecule has 0 spiro atoms. The van der Waals surface area contributed by atoms with Crippen molar-refractivity contribution in [2.75, 3.05) is 6.54 Å². The number of fused-ring (bicyclic) bond motifs is 1. The van der Waals surface area contributed by atoms with Gasteiger partial charge >= 0.3 is 12.4 Å². The molecular formula is C11H13F6N3. The maximum Gasteiger partial charge on any atom is 0.449 e. The third kappa shape index (κ3) is 3.08. The number of halogens is 6. The van der Waals surface area contributed by atoms with E-state index in [4.69, 9.17) is 0 Å². The number of hydrogen-bond donors (Lipinski definition) is 1. The van der Waals surface area contributed by atoms with Crippen LogP contribution in [0.3, 0.4) is 0 Å². The number of nitrogens with one attached hydrogen (secondary N) is 1. The van der Waals surface area contributed by atoms with Crippen LogP contribution in [0.4, 0.5) is 26.3 Å². The van der Waals surface area contributed by atoms with Gasteiger partial charge in [0, 0.05) is 31.2 Å². The van der Waals surface area contributed by atoms with Crippen molar-refractivity contribution in [2.24, 2.45) is 0 Å². The van der Waals surface area contributed by atoms with E-state index in [0.717, 1.165) is 6.92 Å². The highest BCUT2D eigenvalue weighted by Gasteiger charge is 2.42. The molecule has 0 aromatic carbocycles. The molecule has 1 atom stereocenters. The zero-order valence-electron chi connectivity index (χ0n) is 10.6. The first-order valence-corrected chi connectivity index (χ1v) is 6.04. The molecule has 1 aromatic rings. The van der Waals surface area contributed by atoms with Gasteiger partial charge in [-0.05, 0) is 6.92 Å². The first kappa shape index (κ1) is 15.1. The first-order chi connectivity index (χ1) is 9.09. The fourth-order valence-electron chi connectivity index (χ4n) is 2.43. The van der Waals surface area contributed by atoms with E-state index in [2.05, 4.69) is 10.3 Å². The van der Waals surface area contributed by atoms with Gasteiger partial charge < -0.3 is 9.88 Å². The van der Waals surface area contributed by atoms with E-state index < -0.39 is 30.6 Å². The van der Waals surface area contributed by atoms with Crippen LogP contribution in [-0.2, 0) is 19.1 Å². The number of nitrogens with zero attached hydrogens (tertiary/aromatic N) is 2. The predicted molar refractivity (Wildman–Crippen MR) is 58.0 cm³/mol. The van der Waals surface area contributed by atoms with Crippen LogP contribution in [0.5, 0.6) is 0 Å². The predicted octanol–water partition coefficient (Wildman–Crippen LogP) is 3.06. The number of hydrogen-bond acceptors (Lipinski definition) is 2. The van der Waals surface area contributed by atoms with Crippen molar-refractivity contribution in [3.63, 3.8) is 0 Å². The van der Waals surface area contributed by atoms with E-state index in [1.54, 1.807) is 0 Å². The SMILES string of the molecule is CC(CC(F)(F)F)n1c(C(F)(F)F)nc2c1CCNC2. The molecule has 0 aliphatic carbocycles. The summed E-state index contributed by atoms with van der Waals surface area (Å²) in [6, 6.07) is -1.33. The van der Waals surface area contributed by atoms with E-state index in [9.17, 15) is 26.3 Å². The maximum absolute atomic E-state index is 12.9. The van der Waals surface area contributed by atoms with Gasteiger partial charge in [0.15, 0.2) is 0 Å². The number of rotatable bonds is 2. The minimum atomic E-state index is -4.77. The van der Waals surface area contributed by atoms with Crippen molar-refractivity contribution in [1.29, 1.82) is 0 Å². The average Bonchev–Trinajstić information content (AvgIpc) is 2.65. The zero-order valence-corrected chi connectivity index (χ0v) is 10.6. The van der Waals surface area contributed by atoms with Crippen molar-refractivity contribution in [2.45, 2.75) is 44.7 Å². The lowest BCUT2D eigenvalue weighted by molar-refractivity contribution is -0.155. The quantitative estimate of drug-likeness (QED) is 0.851. The van der Waals surface area contributed by atoms with Crippen LogP contribution in [0.2, 0.25) is 0 Å². The molecule has 1 aliphatic rings. The fourth-order valence-corrected chi connectivity index (χ4v) is 2.43. The second-order valence-corrected chi connectivity index (χ2v) is 4.79. The Labute approximate surface area is 111 Å². The standard InChI is InChI=1S/C11H13F6N3/c1-6(4-10(12,13)14)20-8-2-3-18-5-7(8)19-9(20)11(15,16)17/h6,18H,2-5H2,1H3. The lowest BCUT2D eigenvalue weighted by Gasteiger charge is -2.23. The van der Waals surface area contributed by atoms with Crippen molar-refractivity contribution < 1.29 is 26.3 Å². The summed E-state index contributed by atoms with van der Waals surface area (Å²) in [4.78, 5) is 3.48. The van der Waals surface area contributed by atoms with Crippen molar-refractivity contribution in [1.82, 2.24) is 14.9 Å². The largest absolute Gasteiger partial charge is 0.449 e. The Hall–Kier alpha value is -1.25. The molecule has 20 heavy (non-hydrogen) atoms. The van der Waals surface area contributed by atoms with Crippen LogP contribution < -0.4 is 5.32 Å². The molecule has 0 amide bonds. The van der Waals surface area contributed by atoms with Gasteiger partial charge in [-0.15, -0.1) is 0 Å². The highest BCUT2D eigenvalue weighted by Crippen LogP contribution is 2.36. The average molecular weight is 301 g/mol. The molecule has 0 saturated heterocycles. The Morgan fingerprint density at radius 2 is 1.90 bits per heavy atom. The molecule has 0 bridgehead atoms. The number of aromatic nitrogens is 2. The molecular weight excluding hydrogens is 288 g/mol. The molecule has 1 N–H and O–H groups in total. The van der Waals surface area contributed by atoms with Crippen LogP contribution in [0, 0.1) is 0 Å². The van der Waals surface area contributed by atoms with Gasteiger partial charge in [-0.3, -0.25) is 0 Å². The van der Waals surface area contributed by atoms with Gasteiger partial charge in [0.25, 0.3) is 0 Å². The Morgan fingerprint density at radius 1 is 1.25 bits per heavy atom. The molecule has 0 saturated carbocycles. The third-order valence-electron chi connectivity index (χ3n) is 3.15. The summed E-state index contributed by atoms with van der Waals surface area (Å²) in [6.45, 7) is 1.70. The molecule has 9 heteroatoms. The van der Waals surface area contributed by atoms with Crippen molar-refractivity contribution in [3.05, 3.63) is 17.2 Å². The number of alkyl halides is 6. The van der Waals surface area contributed by atoms with E-state index >= 15 is 0 Å². The van der Waals surface area contributed by atoms with Gasteiger partial charge in [-0.25, -0.2) is 4.98 Å². The highest BCUT2D eigenvalue weighted by molar-refractivity contribution is 5.22. The van der Waals surface area contributed by atoms with Crippen molar-refractivity contribution in [3.8, 4) is 0 Å². The van der Waals surface area contributed by atoms with Gasteiger partial charge in [0.1, 0.15) is 0 Å². The summed E-state index contributed by atoms with van der Waals surface area (Å²) in [6.07, 6.45) is -10.4. The molecule has 114 valence electrons. The Kier molecular flexibility index (Phi) is 3.74. The van der Waals surface area contributed by atoms with Gasteiger partial charge in [-0.2, -0.15) is 26.3 Å². The van der Waals surface area contributed by atoms with Crippen LogP contribution in [0.15, 0.2) is 0 Å². The Morgan fingerprint density at radius 3 is 2.45 bits per heavy atom. The third-order valence-corrected chi connectivity index (χ3v) is 3.15. The van der Waals surface area contributed by atoms with Crippen LogP contribution in [0.1, 0.15) is 36.6 Å². The van der Waals surface area contributed by atoms with E-state index in [-0.39, 0.29) is 24.4 Å². The summed E-state index contributed by atoms with van der Waals surface area (Å²) in [5.41, 5.74) is 0.422. The van der Waals surface area contributed by atoms with E-state index in [0.29, 0.717) is 11.1 Å². The molecule has 1 unspecified atom stereocenters. The lowest BCUT2D eigenvalue weighted by atomic mass is 10.1. The number of imidazole rings is 1. The monoisotopic (exact) mass is 301 g/mol. The van der Waals surface area contributed by atoms with Crippen molar-refractivity contribution >= 4 is 0 Å². The summed E-state index contributed by atoms with van der Waals surface area (Å²) < 4.78 is 76.8. The van der Waals surface area contributed by atoms with E-state index in [1.165, 1.54) is 0 Å². The lowest BCUT2D eigenvalue weighted by Crippen LogP contribution is -2.27. The Balaban J connectivity index is 2.46. The maximum atomic E-state index is 12.9. The smallest absolute Gasteiger partial charge is 0.321 e. The second-order valence-electron chi connectivity index (χ2n) is 4.79. The zero-order chi connectivity index (χ0) is 15.1. The topological polar surface area (TPSA) is 29.9 Å². The van der Waals surface area contributed by atoms with Crippen LogP contribution >= 0.6 is 0 Å². The fraction of sp³-hybridized carbons (Fsp3) is 0.727. The molecule has 2 rings (SSSR count). The highest BCUT2D eigenvalue weighted by atomic mass is 19.4. The second kappa shape index (κ2) is 4.94.